The first-order chi connectivity index (χ1) is 14.3. The topological polar surface area (TPSA) is 61.9 Å². The molecular formula is C22H25ClFN3O3. The standard InChI is InChI=1S/C22H25ClFN3O3/c1-15-11-16(2)22(19(23)12-15)25-20(28)13-26-7-9-27(10-8-26)21(29)14-30-18-5-3-17(24)4-6-18/h3-6,11-12H,7-10,13-14H2,1-2H3,(H,25,28). The molecule has 0 atom stereocenters. The molecule has 6 nitrogen and oxygen atoms in total. The summed E-state index contributed by atoms with van der Waals surface area (Å²) in [5, 5.41) is 3.42. The van der Waals surface area contributed by atoms with Crippen LogP contribution in [0.1, 0.15) is 11.1 Å². The Morgan fingerprint density at radius 3 is 2.40 bits per heavy atom. The van der Waals surface area contributed by atoms with Gasteiger partial charge in [-0.15, -0.1) is 0 Å². The van der Waals surface area contributed by atoms with Crippen molar-refractivity contribution in [1.29, 1.82) is 0 Å². The van der Waals surface area contributed by atoms with Crippen LogP contribution in [-0.4, -0.2) is 60.9 Å². The molecule has 3 rings (SSSR count). The largest absolute Gasteiger partial charge is 0.484 e. The van der Waals surface area contributed by atoms with Crippen molar-refractivity contribution in [2.75, 3.05) is 44.6 Å². The zero-order valence-electron chi connectivity index (χ0n) is 17.1. The number of carbonyl (C=O) groups is 2. The van der Waals surface area contributed by atoms with Crippen LogP contribution in [0, 0.1) is 19.7 Å². The molecule has 160 valence electrons. The van der Waals surface area contributed by atoms with E-state index in [1.807, 2.05) is 30.9 Å². The van der Waals surface area contributed by atoms with Crippen molar-refractivity contribution < 1.29 is 18.7 Å². The number of benzene rings is 2. The van der Waals surface area contributed by atoms with Gasteiger partial charge in [0.2, 0.25) is 5.91 Å². The summed E-state index contributed by atoms with van der Waals surface area (Å²) in [6, 6.07) is 9.34. The average molecular weight is 434 g/mol. The van der Waals surface area contributed by atoms with E-state index in [0.29, 0.717) is 42.6 Å². The van der Waals surface area contributed by atoms with E-state index >= 15 is 0 Å². The Morgan fingerprint density at radius 1 is 1.10 bits per heavy atom. The summed E-state index contributed by atoms with van der Waals surface area (Å²) in [6.07, 6.45) is 0. The van der Waals surface area contributed by atoms with E-state index in [4.69, 9.17) is 16.3 Å². The number of halogens is 2. The van der Waals surface area contributed by atoms with Crippen molar-refractivity contribution >= 4 is 29.1 Å². The molecule has 2 aromatic rings. The average Bonchev–Trinajstić information content (AvgIpc) is 2.70. The second-order valence-electron chi connectivity index (χ2n) is 7.39. The predicted octanol–water partition coefficient (Wildman–Crippen LogP) is 3.26. The van der Waals surface area contributed by atoms with E-state index in [-0.39, 0.29) is 30.8 Å². The van der Waals surface area contributed by atoms with Crippen LogP contribution >= 0.6 is 11.6 Å². The lowest BCUT2D eigenvalue weighted by Crippen LogP contribution is -2.51. The van der Waals surface area contributed by atoms with E-state index in [1.54, 1.807) is 4.90 Å². The molecule has 30 heavy (non-hydrogen) atoms. The molecule has 0 aliphatic carbocycles. The summed E-state index contributed by atoms with van der Waals surface area (Å²) < 4.78 is 18.3. The lowest BCUT2D eigenvalue weighted by Gasteiger charge is -2.34. The summed E-state index contributed by atoms with van der Waals surface area (Å²) in [6.45, 7) is 6.22. The van der Waals surface area contributed by atoms with Gasteiger partial charge in [-0.3, -0.25) is 14.5 Å². The fraction of sp³-hybridized carbons (Fsp3) is 0.364. The van der Waals surface area contributed by atoms with Gasteiger partial charge in [0, 0.05) is 26.2 Å². The van der Waals surface area contributed by atoms with Gasteiger partial charge in [-0.05, 0) is 55.3 Å². The zero-order chi connectivity index (χ0) is 21.7. The molecule has 0 unspecified atom stereocenters. The van der Waals surface area contributed by atoms with E-state index in [9.17, 15) is 14.0 Å². The summed E-state index contributed by atoms with van der Waals surface area (Å²) in [7, 11) is 0. The fourth-order valence-corrected chi connectivity index (χ4v) is 3.75. The first kappa shape index (κ1) is 22.1. The molecule has 0 saturated carbocycles. The van der Waals surface area contributed by atoms with Gasteiger partial charge in [0.25, 0.3) is 5.91 Å². The number of ether oxygens (including phenoxy) is 1. The lowest BCUT2D eigenvalue weighted by molar-refractivity contribution is -0.135. The van der Waals surface area contributed by atoms with E-state index in [2.05, 4.69) is 5.32 Å². The Bertz CT molecular complexity index is 889. The number of piperazine rings is 1. The molecule has 1 aliphatic rings. The number of rotatable bonds is 6. The Kier molecular flexibility index (Phi) is 7.29. The molecule has 1 heterocycles. The normalized spacial score (nSPS) is 14.5. The highest BCUT2D eigenvalue weighted by atomic mass is 35.5. The third-order valence-corrected chi connectivity index (χ3v) is 5.26. The fourth-order valence-electron chi connectivity index (χ4n) is 3.38. The second-order valence-corrected chi connectivity index (χ2v) is 7.79. The Labute approximate surface area is 180 Å². The van der Waals surface area contributed by atoms with Crippen LogP contribution in [0.25, 0.3) is 0 Å². The van der Waals surface area contributed by atoms with Crippen molar-refractivity contribution in [2.24, 2.45) is 0 Å². The molecule has 1 fully saturated rings. The van der Waals surface area contributed by atoms with E-state index in [0.717, 1.165) is 11.1 Å². The monoisotopic (exact) mass is 433 g/mol. The van der Waals surface area contributed by atoms with Crippen LogP contribution in [-0.2, 0) is 9.59 Å². The van der Waals surface area contributed by atoms with Gasteiger partial charge in [0.1, 0.15) is 11.6 Å². The molecule has 0 bridgehead atoms. The number of carbonyl (C=O) groups excluding carboxylic acids is 2. The van der Waals surface area contributed by atoms with Gasteiger partial charge in [0.05, 0.1) is 17.3 Å². The molecule has 2 amide bonds. The highest BCUT2D eigenvalue weighted by molar-refractivity contribution is 6.34. The summed E-state index contributed by atoms with van der Waals surface area (Å²) in [5.74, 6) is -0.174. The van der Waals surface area contributed by atoms with Gasteiger partial charge in [-0.1, -0.05) is 17.7 Å². The molecule has 0 aromatic heterocycles. The van der Waals surface area contributed by atoms with Gasteiger partial charge in [-0.25, -0.2) is 4.39 Å². The number of nitrogens with one attached hydrogen (secondary N) is 1. The second kappa shape index (κ2) is 9.91. The number of nitrogens with zero attached hydrogens (tertiary/aromatic N) is 2. The summed E-state index contributed by atoms with van der Waals surface area (Å²) >= 11 is 6.25. The van der Waals surface area contributed by atoms with Gasteiger partial charge < -0.3 is 15.0 Å². The van der Waals surface area contributed by atoms with Crippen molar-refractivity contribution in [3.8, 4) is 5.75 Å². The van der Waals surface area contributed by atoms with Crippen LogP contribution < -0.4 is 10.1 Å². The quantitative estimate of drug-likeness (QED) is 0.759. The minimum Gasteiger partial charge on any atom is -0.484 e. The van der Waals surface area contributed by atoms with Crippen LogP contribution in [0.3, 0.4) is 0 Å². The molecule has 0 spiro atoms. The molecule has 8 heteroatoms. The lowest BCUT2D eigenvalue weighted by atomic mass is 10.1. The minimum absolute atomic E-state index is 0.0999. The SMILES string of the molecule is Cc1cc(C)c(NC(=O)CN2CCN(C(=O)COc3ccc(F)cc3)CC2)c(Cl)c1. The number of hydrogen-bond donors (Lipinski definition) is 1. The highest BCUT2D eigenvalue weighted by Gasteiger charge is 2.23. The Hall–Kier alpha value is -2.64. The number of hydrogen-bond acceptors (Lipinski definition) is 4. The van der Waals surface area contributed by atoms with Crippen LogP contribution in [0.4, 0.5) is 10.1 Å². The Morgan fingerprint density at radius 2 is 1.77 bits per heavy atom. The molecule has 1 saturated heterocycles. The minimum atomic E-state index is -0.353. The molecule has 1 aliphatic heterocycles. The number of aryl methyl sites for hydroxylation is 2. The zero-order valence-corrected chi connectivity index (χ0v) is 17.8. The van der Waals surface area contributed by atoms with Crippen LogP contribution in [0.2, 0.25) is 5.02 Å². The number of amides is 2. The molecule has 2 aromatic carbocycles. The van der Waals surface area contributed by atoms with Crippen LogP contribution in [0.15, 0.2) is 36.4 Å². The van der Waals surface area contributed by atoms with Crippen molar-refractivity contribution in [1.82, 2.24) is 9.80 Å². The van der Waals surface area contributed by atoms with Crippen LogP contribution in [0.5, 0.6) is 5.75 Å². The third-order valence-electron chi connectivity index (χ3n) is 4.96. The molecular weight excluding hydrogens is 409 g/mol. The maximum absolute atomic E-state index is 12.9. The maximum Gasteiger partial charge on any atom is 0.260 e. The first-order valence-corrected chi connectivity index (χ1v) is 10.1. The van der Waals surface area contributed by atoms with Crippen molar-refractivity contribution in [2.45, 2.75) is 13.8 Å². The third kappa shape index (κ3) is 5.93. The summed E-state index contributed by atoms with van der Waals surface area (Å²) in [4.78, 5) is 28.5. The highest BCUT2D eigenvalue weighted by Crippen LogP contribution is 2.27. The van der Waals surface area contributed by atoms with E-state index < -0.39 is 0 Å². The van der Waals surface area contributed by atoms with Crippen molar-refractivity contribution in [3.63, 3.8) is 0 Å². The first-order valence-electron chi connectivity index (χ1n) is 9.77. The maximum atomic E-state index is 12.9. The summed E-state index contributed by atoms with van der Waals surface area (Å²) in [5.41, 5.74) is 2.60. The van der Waals surface area contributed by atoms with Crippen molar-refractivity contribution in [3.05, 3.63) is 58.4 Å². The van der Waals surface area contributed by atoms with Gasteiger partial charge in [0.15, 0.2) is 6.61 Å². The molecule has 0 radical (unpaired) electrons. The number of anilines is 1. The predicted molar refractivity (Wildman–Crippen MR) is 114 cm³/mol. The Balaban J connectivity index is 1.43. The smallest absolute Gasteiger partial charge is 0.260 e. The molecule has 1 N–H and O–H groups in total. The van der Waals surface area contributed by atoms with Gasteiger partial charge in [-0.2, -0.15) is 0 Å². The van der Waals surface area contributed by atoms with Gasteiger partial charge >= 0.3 is 0 Å². The van der Waals surface area contributed by atoms with E-state index in [1.165, 1.54) is 24.3 Å².